The van der Waals surface area contributed by atoms with Gasteiger partial charge in [0.05, 0.1) is 10.2 Å². The first-order chi connectivity index (χ1) is 14.0. The Balaban J connectivity index is 1.81. The van der Waals surface area contributed by atoms with Crippen molar-refractivity contribution in [1.29, 1.82) is 5.26 Å². The van der Waals surface area contributed by atoms with E-state index in [1.54, 1.807) is 12.4 Å². The lowest BCUT2D eigenvalue weighted by Gasteiger charge is -2.07. The molecular weight excluding hydrogens is 471 g/mol. The molecule has 0 aliphatic rings. The smallest absolute Gasteiger partial charge is 0.363 e. The van der Waals surface area contributed by atoms with Gasteiger partial charge in [0, 0.05) is 13.1 Å². The van der Waals surface area contributed by atoms with Crippen molar-refractivity contribution < 1.29 is 13.5 Å². The standard InChI is InChI=1S/C15H12BrFN8O3S/c1-29-14(21-7-18)20-5-4-19-12-11(22-28-23-12)13-24-27-15(26)25(13)8-2-3-10(17)9(16)6-8/h2-3,6H,4-5H2,1H3,(H,19,23)(H,20,21). The number of halogens is 2. The van der Waals surface area contributed by atoms with Crippen molar-refractivity contribution in [2.24, 2.45) is 4.99 Å². The van der Waals surface area contributed by atoms with E-state index >= 15 is 0 Å². The summed E-state index contributed by atoms with van der Waals surface area (Å²) in [7, 11) is 0. The Morgan fingerprint density at radius 2 is 2.24 bits per heavy atom. The third kappa shape index (κ3) is 4.63. The molecule has 0 radical (unpaired) electrons. The monoisotopic (exact) mass is 482 g/mol. The van der Waals surface area contributed by atoms with Crippen LogP contribution in [0.3, 0.4) is 0 Å². The van der Waals surface area contributed by atoms with Gasteiger partial charge in [-0.2, -0.15) is 5.26 Å². The van der Waals surface area contributed by atoms with E-state index < -0.39 is 11.6 Å². The van der Waals surface area contributed by atoms with Crippen molar-refractivity contribution in [2.45, 2.75) is 0 Å². The van der Waals surface area contributed by atoms with Crippen LogP contribution < -0.4 is 16.4 Å². The highest BCUT2D eigenvalue weighted by molar-refractivity contribution is 9.10. The summed E-state index contributed by atoms with van der Waals surface area (Å²) in [6.45, 7) is 0.792. The van der Waals surface area contributed by atoms with Gasteiger partial charge < -0.3 is 10.6 Å². The molecule has 0 atom stereocenters. The molecule has 3 rings (SSSR count). The number of hydrogen-bond donors (Lipinski definition) is 2. The fourth-order valence-electron chi connectivity index (χ4n) is 2.26. The highest BCUT2D eigenvalue weighted by Gasteiger charge is 2.23. The number of thioether (sulfide) groups is 1. The van der Waals surface area contributed by atoms with Gasteiger partial charge >= 0.3 is 5.76 Å². The predicted molar refractivity (Wildman–Crippen MR) is 106 cm³/mol. The first kappa shape index (κ1) is 20.6. The van der Waals surface area contributed by atoms with Crippen LogP contribution in [-0.2, 0) is 0 Å². The number of benzene rings is 1. The van der Waals surface area contributed by atoms with Crippen LogP contribution in [0.15, 0.2) is 41.6 Å². The van der Waals surface area contributed by atoms with Crippen molar-refractivity contribution in [3.05, 3.63) is 39.0 Å². The van der Waals surface area contributed by atoms with E-state index in [-0.39, 0.29) is 21.8 Å². The Bertz CT molecular complexity index is 1140. The Morgan fingerprint density at radius 3 is 2.97 bits per heavy atom. The van der Waals surface area contributed by atoms with Crippen LogP contribution in [0.25, 0.3) is 17.2 Å². The van der Waals surface area contributed by atoms with Crippen molar-refractivity contribution in [3.8, 4) is 23.4 Å². The minimum absolute atomic E-state index is 0.0288. The van der Waals surface area contributed by atoms with Crippen molar-refractivity contribution in [3.63, 3.8) is 0 Å². The molecule has 0 amide bonds. The number of nitrogens with one attached hydrogen (secondary N) is 2. The fraction of sp³-hybridized carbons (Fsp3) is 0.200. The number of rotatable bonds is 6. The van der Waals surface area contributed by atoms with Gasteiger partial charge in [0.25, 0.3) is 0 Å². The Hall–Kier alpha value is -3.18. The van der Waals surface area contributed by atoms with E-state index in [1.165, 1.54) is 30.0 Å². The van der Waals surface area contributed by atoms with Crippen molar-refractivity contribution in [2.75, 3.05) is 24.7 Å². The van der Waals surface area contributed by atoms with E-state index in [1.807, 2.05) is 0 Å². The number of aromatic nitrogens is 4. The third-order valence-corrected chi connectivity index (χ3v) is 4.73. The molecule has 0 aliphatic carbocycles. The highest BCUT2D eigenvalue weighted by Crippen LogP contribution is 2.25. The lowest BCUT2D eigenvalue weighted by atomic mass is 10.3. The van der Waals surface area contributed by atoms with Crippen LogP contribution in [0.2, 0.25) is 0 Å². The van der Waals surface area contributed by atoms with Crippen LogP contribution in [0, 0.1) is 17.3 Å². The van der Waals surface area contributed by atoms with Crippen LogP contribution in [0.5, 0.6) is 0 Å². The summed E-state index contributed by atoms with van der Waals surface area (Å²) in [5, 5.41) is 26.3. The molecule has 0 unspecified atom stereocenters. The number of nitrogens with zero attached hydrogens (tertiary/aromatic N) is 6. The number of nitriles is 1. The minimum atomic E-state index is -0.786. The quantitative estimate of drug-likeness (QED) is 0.231. The molecule has 2 aromatic heterocycles. The van der Waals surface area contributed by atoms with Gasteiger partial charge in [0.15, 0.2) is 10.9 Å². The SMILES string of the molecule is CS/C(=N\C#N)NCCNc1nonc1-c1noc(=O)n1-c1ccc(F)c(Br)c1. The number of hydrogen-bond acceptors (Lipinski definition) is 10. The van der Waals surface area contributed by atoms with Crippen LogP contribution >= 0.6 is 27.7 Å². The molecule has 11 nitrogen and oxygen atoms in total. The zero-order valence-corrected chi connectivity index (χ0v) is 17.1. The summed E-state index contributed by atoms with van der Waals surface area (Å²) in [5.74, 6) is -1.02. The second-order valence-electron chi connectivity index (χ2n) is 5.24. The molecular formula is C15H12BrFN8O3S. The van der Waals surface area contributed by atoms with E-state index in [0.717, 1.165) is 4.57 Å². The van der Waals surface area contributed by atoms with Gasteiger partial charge in [-0.25, -0.2) is 18.4 Å². The predicted octanol–water partition coefficient (Wildman–Crippen LogP) is 1.98. The maximum atomic E-state index is 13.5. The topological polar surface area (TPSA) is 147 Å². The van der Waals surface area contributed by atoms with Gasteiger partial charge in [-0.15, -0.1) is 4.99 Å². The van der Waals surface area contributed by atoms with Gasteiger partial charge in [0.2, 0.25) is 17.8 Å². The van der Waals surface area contributed by atoms with Crippen LogP contribution in [-0.4, -0.2) is 44.6 Å². The number of anilines is 1. The molecule has 0 fully saturated rings. The molecule has 3 aromatic rings. The Labute approximate surface area is 175 Å². The molecule has 0 spiro atoms. The van der Waals surface area contributed by atoms with Crippen molar-refractivity contribution in [1.82, 2.24) is 25.4 Å². The Kier molecular flexibility index (Phi) is 6.62. The number of aliphatic imine (C=N–C) groups is 1. The molecule has 29 heavy (non-hydrogen) atoms. The molecule has 0 aliphatic heterocycles. The Morgan fingerprint density at radius 1 is 1.41 bits per heavy atom. The first-order valence-electron chi connectivity index (χ1n) is 7.90. The van der Waals surface area contributed by atoms with E-state index in [4.69, 9.17) is 14.4 Å². The summed E-state index contributed by atoms with van der Waals surface area (Å²) in [4.78, 5) is 15.8. The lowest BCUT2D eigenvalue weighted by molar-refractivity contribution is 0.309. The highest BCUT2D eigenvalue weighted by atomic mass is 79.9. The summed E-state index contributed by atoms with van der Waals surface area (Å²) < 4.78 is 24.3. The van der Waals surface area contributed by atoms with Crippen molar-refractivity contribution >= 4 is 38.7 Å². The maximum Gasteiger partial charge on any atom is 0.446 e. The molecule has 1 aromatic carbocycles. The lowest BCUT2D eigenvalue weighted by Crippen LogP contribution is -2.26. The van der Waals surface area contributed by atoms with Gasteiger partial charge in [0.1, 0.15) is 5.82 Å². The second-order valence-corrected chi connectivity index (χ2v) is 6.89. The largest absolute Gasteiger partial charge is 0.446 e. The zero-order chi connectivity index (χ0) is 20.8. The minimum Gasteiger partial charge on any atom is -0.363 e. The third-order valence-electron chi connectivity index (χ3n) is 3.50. The van der Waals surface area contributed by atoms with Crippen LogP contribution in [0.1, 0.15) is 0 Å². The van der Waals surface area contributed by atoms with Gasteiger partial charge in [-0.05, 0) is 50.7 Å². The molecule has 2 N–H and O–H groups in total. The molecule has 150 valence electrons. The molecule has 2 heterocycles. The second kappa shape index (κ2) is 9.34. The summed E-state index contributed by atoms with van der Waals surface area (Å²) in [6, 6.07) is 3.99. The summed E-state index contributed by atoms with van der Waals surface area (Å²) in [5.41, 5.74) is 0.444. The average Bonchev–Trinajstić information content (AvgIpc) is 3.32. The maximum absolute atomic E-state index is 13.5. The molecule has 14 heteroatoms. The van der Waals surface area contributed by atoms with E-state index in [9.17, 15) is 9.18 Å². The zero-order valence-electron chi connectivity index (χ0n) is 14.7. The van der Waals surface area contributed by atoms with E-state index in [0.29, 0.717) is 23.9 Å². The molecule has 0 saturated carbocycles. The summed E-state index contributed by atoms with van der Waals surface area (Å²) >= 11 is 4.37. The molecule has 0 saturated heterocycles. The van der Waals surface area contributed by atoms with Gasteiger partial charge in [-0.1, -0.05) is 16.9 Å². The summed E-state index contributed by atoms with van der Waals surface area (Å²) in [6.07, 6.45) is 3.49. The van der Waals surface area contributed by atoms with Gasteiger partial charge in [-0.3, -0.25) is 4.52 Å². The van der Waals surface area contributed by atoms with E-state index in [2.05, 4.69) is 47.0 Å². The number of amidine groups is 1. The average molecular weight is 483 g/mol. The normalized spacial score (nSPS) is 11.3. The first-order valence-corrected chi connectivity index (χ1v) is 9.92. The van der Waals surface area contributed by atoms with Crippen LogP contribution in [0.4, 0.5) is 10.2 Å². The molecule has 0 bridgehead atoms. The fourth-order valence-corrected chi connectivity index (χ4v) is 3.00.